The number of unbranched alkanes of at least 4 members (excludes halogenated alkanes) is 2. The first-order chi connectivity index (χ1) is 13.8. The van der Waals surface area contributed by atoms with Gasteiger partial charge in [-0.3, -0.25) is 4.74 Å². The average molecular weight is 427 g/mol. The van der Waals surface area contributed by atoms with Crippen molar-refractivity contribution >= 4 is 14.4 Å². The predicted octanol–water partition coefficient (Wildman–Crippen LogP) is 7.27. The molecule has 1 aliphatic carbocycles. The molecule has 0 amide bonds. The van der Waals surface area contributed by atoms with Crippen LogP contribution in [0.25, 0.3) is 5.57 Å². The number of alkyl halides is 3. The van der Waals surface area contributed by atoms with Crippen LogP contribution in [0.3, 0.4) is 0 Å². The van der Waals surface area contributed by atoms with Gasteiger partial charge in [-0.25, -0.2) is 4.39 Å². The van der Waals surface area contributed by atoms with Crippen LogP contribution in [0.2, 0.25) is 18.1 Å². The second-order valence-electron chi connectivity index (χ2n) is 8.39. The summed E-state index contributed by atoms with van der Waals surface area (Å²) in [5, 5.41) is 0. The third kappa shape index (κ3) is 5.82. The van der Waals surface area contributed by atoms with Gasteiger partial charge in [-0.1, -0.05) is 80.7 Å². The molecule has 2 aliphatic rings. The molecule has 3 rings (SSSR count). The third-order valence-corrected chi connectivity index (χ3v) is 9.95. The summed E-state index contributed by atoms with van der Waals surface area (Å²) in [6.07, 6.45) is 5.60. The summed E-state index contributed by atoms with van der Waals surface area (Å²) in [5.41, 5.74) is -0.334. The van der Waals surface area contributed by atoms with Crippen LogP contribution in [0.4, 0.5) is 17.6 Å². The quantitative estimate of drug-likeness (QED) is 0.253. The Kier molecular flexibility index (Phi) is 7.38. The number of rotatable bonds is 7. The molecule has 1 nitrogen and oxygen atoms in total. The second-order valence-corrected chi connectivity index (χ2v) is 11.9. The van der Waals surface area contributed by atoms with Crippen molar-refractivity contribution in [2.24, 2.45) is 5.92 Å². The van der Waals surface area contributed by atoms with Gasteiger partial charge in [0.1, 0.15) is 11.4 Å². The van der Waals surface area contributed by atoms with E-state index in [9.17, 15) is 17.6 Å². The van der Waals surface area contributed by atoms with Crippen molar-refractivity contribution < 1.29 is 22.3 Å². The fraction of sp³-hybridized carbons (Fsp3) is 0.565. The van der Waals surface area contributed by atoms with Crippen LogP contribution in [0, 0.1) is 11.7 Å². The molecule has 0 bridgehead atoms. The SMILES string of the molecule is CCCCC[Si@H]1CC[C@H](C2(OC(F)(F)F)C=CC(c3ccccc3F)=CC2)CC1. The van der Waals surface area contributed by atoms with Crippen LogP contribution in [0.5, 0.6) is 0 Å². The summed E-state index contributed by atoms with van der Waals surface area (Å²) in [6, 6.07) is 9.83. The van der Waals surface area contributed by atoms with Crippen LogP contribution in [-0.4, -0.2) is 20.8 Å². The topological polar surface area (TPSA) is 9.23 Å². The Hall–Kier alpha value is -1.40. The van der Waals surface area contributed by atoms with E-state index >= 15 is 0 Å². The van der Waals surface area contributed by atoms with E-state index in [0.717, 1.165) is 24.9 Å². The van der Waals surface area contributed by atoms with Gasteiger partial charge in [0.05, 0.1) is 0 Å². The molecule has 1 saturated heterocycles. The van der Waals surface area contributed by atoms with Crippen molar-refractivity contribution in [3.05, 3.63) is 53.9 Å². The summed E-state index contributed by atoms with van der Waals surface area (Å²) in [6.45, 7) is 2.19. The van der Waals surface area contributed by atoms with E-state index in [-0.39, 0.29) is 18.2 Å². The van der Waals surface area contributed by atoms with E-state index in [0.29, 0.717) is 11.1 Å². The number of hydrogen-bond donors (Lipinski definition) is 0. The highest BCUT2D eigenvalue weighted by Crippen LogP contribution is 2.45. The molecular formula is C23H30F4OSi. The standard InChI is InChI=1S/C23H30F4OSi/c1-2-3-6-15-29-16-11-19(12-17-29)22(28-23(25,26)27)13-9-18(10-14-22)20-7-4-5-8-21(20)24/h4-5,7-10,13,19,29H,2-3,6,11-12,14-17H2,1H3/t19-,22?,29-. The van der Waals surface area contributed by atoms with Crippen molar-refractivity contribution in [3.63, 3.8) is 0 Å². The normalized spacial score (nSPS) is 27.7. The molecule has 160 valence electrons. The molecule has 0 radical (unpaired) electrons. The number of benzene rings is 1. The predicted molar refractivity (Wildman–Crippen MR) is 112 cm³/mol. The fourth-order valence-electron chi connectivity index (χ4n) is 4.83. The Morgan fingerprint density at radius 1 is 1.14 bits per heavy atom. The van der Waals surface area contributed by atoms with Crippen molar-refractivity contribution in [2.75, 3.05) is 0 Å². The zero-order valence-electron chi connectivity index (χ0n) is 17.0. The van der Waals surface area contributed by atoms with Crippen LogP contribution in [0.1, 0.15) is 51.0 Å². The van der Waals surface area contributed by atoms with Gasteiger partial charge >= 0.3 is 6.36 Å². The van der Waals surface area contributed by atoms with Crippen LogP contribution in [0.15, 0.2) is 42.5 Å². The van der Waals surface area contributed by atoms with Gasteiger partial charge in [-0.15, -0.1) is 13.2 Å². The molecule has 1 atom stereocenters. The van der Waals surface area contributed by atoms with E-state index in [1.807, 2.05) is 0 Å². The van der Waals surface area contributed by atoms with Gasteiger partial charge in [-0.2, -0.15) is 0 Å². The molecule has 1 unspecified atom stereocenters. The molecule has 1 aliphatic heterocycles. The minimum absolute atomic E-state index is 0.124. The Balaban J connectivity index is 1.72. The maximum atomic E-state index is 14.1. The lowest BCUT2D eigenvalue weighted by atomic mass is 9.76. The first-order valence-electron chi connectivity index (χ1n) is 10.7. The minimum atomic E-state index is -4.69. The number of halogens is 4. The molecule has 0 spiro atoms. The fourth-order valence-corrected chi connectivity index (χ4v) is 8.31. The summed E-state index contributed by atoms with van der Waals surface area (Å²) >= 11 is 0. The van der Waals surface area contributed by atoms with Gasteiger partial charge in [0.2, 0.25) is 0 Å². The molecule has 29 heavy (non-hydrogen) atoms. The zero-order chi connectivity index (χ0) is 20.9. The Labute approximate surface area is 172 Å². The molecule has 6 heteroatoms. The monoisotopic (exact) mass is 426 g/mol. The van der Waals surface area contributed by atoms with E-state index in [1.165, 1.54) is 31.4 Å². The van der Waals surface area contributed by atoms with Gasteiger partial charge in [0.25, 0.3) is 0 Å². The molecule has 1 aromatic carbocycles. The highest BCUT2D eigenvalue weighted by atomic mass is 28.3. The van der Waals surface area contributed by atoms with Crippen LogP contribution >= 0.6 is 0 Å². The van der Waals surface area contributed by atoms with E-state index in [2.05, 4.69) is 6.92 Å². The first kappa shape index (κ1) is 22.3. The first-order valence-corrected chi connectivity index (χ1v) is 13.2. The molecular weight excluding hydrogens is 396 g/mol. The van der Waals surface area contributed by atoms with Crippen molar-refractivity contribution in [2.45, 2.75) is 75.5 Å². The summed E-state index contributed by atoms with van der Waals surface area (Å²) < 4.78 is 58.7. The molecule has 1 heterocycles. The largest absolute Gasteiger partial charge is 0.523 e. The minimum Gasteiger partial charge on any atom is -0.280 e. The van der Waals surface area contributed by atoms with Crippen LogP contribution in [-0.2, 0) is 4.74 Å². The third-order valence-electron chi connectivity index (χ3n) is 6.43. The summed E-state index contributed by atoms with van der Waals surface area (Å²) in [4.78, 5) is 0. The van der Waals surface area contributed by atoms with Crippen molar-refractivity contribution in [1.82, 2.24) is 0 Å². The highest BCUT2D eigenvalue weighted by Gasteiger charge is 2.48. The summed E-state index contributed by atoms with van der Waals surface area (Å²) in [7, 11) is -0.828. The van der Waals surface area contributed by atoms with Gasteiger partial charge < -0.3 is 0 Å². The zero-order valence-corrected chi connectivity index (χ0v) is 18.1. The molecule has 0 aromatic heterocycles. The Morgan fingerprint density at radius 3 is 2.45 bits per heavy atom. The second kappa shape index (κ2) is 9.60. The Morgan fingerprint density at radius 2 is 1.86 bits per heavy atom. The molecule has 1 aromatic rings. The molecule has 1 fully saturated rings. The molecule has 0 saturated carbocycles. The van der Waals surface area contributed by atoms with E-state index < -0.39 is 20.8 Å². The smallest absolute Gasteiger partial charge is 0.280 e. The average Bonchev–Trinajstić information content (AvgIpc) is 2.69. The van der Waals surface area contributed by atoms with Gasteiger partial charge in [-0.05, 0) is 36.8 Å². The van der Waals surface area contributed by atoms with Crippen molar-refractivity contribution in [3.8, 4) is 0 Å². The lowest BCUT2D eigenvalue weighted by Crippen LogP contribution is -2.45. The number of ether oxygens (including phenoxy) is 1. The highest BCUT2D eigenvalue weighted by molar-refractivity contribution is 6.58. The van der Waals surface area contributed by atoms with E-state index in [4.69, 9.17) is 4.74 Å². The lowest BCUT2D eigenvalue weighted by molar-refractivity contribution is -0.366. The van der Waals surface area contributed by atoms with Gasteiger partial charge in [0, 0.05) is 14.4 Å². The summed E-state index contributed by atoms with van der Waals surface area (Å²) in [5.74, 6) is -0.514. The van der Waals surface area contributed by atoms with Crippen molar-refractivity contribution in [1.29, 1.82) is 0 Å². The lowest BCUT2D eigenvalue weighted by Gasteiger charge is -2.43. The Bertz CT molecular complexity index is 735. The maximum Gasteiger partial charge on any atom is 0.523 e. The number of allylic oxidation sites excluding steroid dienone is 2. The van der Waals surface area contributed by atoms with E-state index in [1.54, 1.807) is 36.4 Å². The number of hydrogen-bond acceptors (Lipinski definition) is 1. The molecule has 0 N–H and O–H groups in total. The maximum absolute atomic E-state index is 14.1. The van der Waals surface area contributed by atoms with Gasteiger partial charge in [0.15, 0.2) is 0 Å². The van der Waals surface area contributed by atoms with Crippen LogP contribution < -0.4 is 0 Å².